The van der Waals surface area contributed by atoms with Crippen LogP contribution in [0.15, 0.2) is 29.1 Å². The highest BCUT2D eigenvalue weighted by Crippen LogP contribution is 2.14. The number of carbonyl (C=O) groups excluding carboxylic acids is 1. The molecule has 1 amide bonds. The molecule has 2 N–H and O–H groups in total. The summed E-state index contributed by atoms with van der Waals surface area (Å²) >= 11 is 0. The minimum absolute atomic E-state index is 0.00421. The van der Waals surface area contributed by atoms with E-state index in [0.717, 1.165) is 16.5 Å². The lowest BCUT2D eigenvalue weighted by atomic mass is 10.1. The van der Waals surface area contributed by atoms with Crippen LogP contribution in [0.3, 0.4) is 0 Å². The Labute approximate surface area is 123 Å². The molecule has 1 aromatic heterocycles. The first-order valence-corrected chi connectivity index (χ1v) is 6.98. The number of carbonyl (C=O) groups is 1. The molecule has 1 heterocycles. The summed E-state index contributed by atoms with van der Waals surface area (Å²) in [5.41, 5.74) is 2.47. The number of aromatic amines is 1. The number of fused-ring (bicyclic) bond motifs is 1. The van der Waals surface area contributed by atoms with Crippen LogP contribution in [-0.2, 0) is 16.0 Å². The molecule has 21 heavy (non-hydrogen) atoms. The van der Waals surface area contributed by atoms with Gasteiger partial charge in [0.25, 0.3) is 5.56 Å². The zero-order valence-corrected chi connectivity index (χ0v) is 12.4. The van der Waals surface area contributed by atoms with E-state index in [0.29, 0.717) is 31.6 Å². The van der Waals surface area contributed by atoms with Crippen LogP contribution in [0.1, 0.15) is 17.5 Å². The molecule has 0 saturated carbocycles. The third kappa shape index (κ3) is 4.16. The van der Waals surface area contributed by atoms with Crippen LogP contribution in [0.2, 0.25) is 0 Å². The molecule has 5 heteroatoms. The van der Waals surface area contributed by atoms with E-state index in [-0.39, 0.29) is 11.5 Å². The first-order chi connectivity index (χ1) is 10.1. The monoisotopic (exact) mass is 288 g/mol. The Morgan fingerprint density at radius 1 is 1.33 bits per heavy atom. The number of aryl methyl sites for hydroxylation is 2. The smallest absolute Gasteiger partial charge is 0.251 e. The van der Waals surface area contributed by atoms with Gasteiger partial charge in [-0.3, -0.25) is 9.59 Å². The van der Waals surface area contributed by atoms with E-state index in [1.165, 1.54) is 0 Å². The van der Waals surface area contributed by atoms with Gasteiger partial charge in [0.15, 0.2) is 0 Å². The number of amides is 1. The van der Waals surface area contributed by atoms with Gasteiger partial charge < -0.3 is 15.0 Å². The summed E-state index contributed by atoms with van der Waals surface area (Å²) in [5.74, 6) is 0.00421. The zero-order chi connectivity index (χ0) is 15.2. The van der Waals surface area contributed by atoms with E-state index >= 15 is 0 Å². The normalized spacial score (nSPS) is 10.8. The van der Waals surface area contributed by atoms with Gasteiger partial charge in [-0.1, -0.05) is 12.1 Å². The van der Waals surface area contributed by atoms with Crippen molar-refractivity contribution in [3.8, 4) is 0 Å². The molecule has 2 aromatic rings. The van der Waals surface area contributed by atoms with Crippen LogP contribution < -0.4 is 10.9 Å². The molecule has 1 aromatic carbocycles. The first-order valence-electron chi connectivity index (χ1n) is 6.98. The predicted octanol–water partition coefficient (Wildman–Crippen LogP) is 1.53. The Morgan fingerprint density at radius 3 is 2.90 bits per heavy atom. The molecular formula is C16H20N2O3. The van der Waals surface area contributed by atoms with Crippen molar-refractivity contribution >= 4 is 16.8 Å². The SMILES string of the molecule is COCCNC(=O)CCc1ccc2cc(C)c(=O)[nH]c2c1. The molecular weight excluding hydrogens is 268 g/mol. The van der Waals surface area contributed by atoms with Crippen LogP contribution in [0, 0.1) is 6.92 Å². The Bertz CT molecular complexity index is 691. The average molecular weight is 288 g/mol. The molecule has 0 spiro atoms. The molecule has 112 valence electrons. The fourth-order valence-corrected chi connectivity index (χ4v) is 2.15. The fourth-order valence-electron chi connectivity index (χ4n) is 2.15. The van der Waals surface area contributed by atoms with E-state index in [2.05, 4.69) is 10.3 Å². The second-order valence-corrected chi connectivity index (χ2v) is 5.05. The number of rotatable bonds is 6. The second-order valence-electron chi connectivity index (χ2n) is 5.05. The zero-order valence-electron chi connectivity index (χ0n) is 12.4. The van der Waals surface area contributed by atoms with Gasteiger partial charge in [0, 0.05) is 31.2 Å². The topological polar surface area (TPSA) is 71.2 Å². The first kappa shape index (κ1) is 15.3. The highest BCUT2D eigenvalue weighted by molar-refractivity contribution is 5.80. The standard InChI is InChI=1S/C16H20N2O3/c1-11-9-13-5-3-12(10-14(13)18-16(11)20)4-6-15(19)17-7-8-21-2/h3,5,9-10H,4,6-8H2,1-2H3,(H,17,19)(H,18,20). The summed E-state index contributed by atoms with van der Waals surface area (Å²) in [6, 6.07) is 7.76. The summed E-state index contributed by atoms with van der Waals surface area (Å²) in [4.78, 5) is 26.1. The molecule has 0 aliphatic rings. The van der Waals surface area contributed by atoms with Gasteiger partial charge in [0.05, 0.1) is 6.61 Å². The van der Waals surface area contributed by atoms with Gasteiger partial charge in [-0.15, -0.1) is 0 Å². The maximum Gasteiger partial charge on any atom is 0.251 e. The quantitative estimate of drug-likeness (QED) is 0.792. The van der Waals surface area contributed by atoms with Crippen molar-refractivity contribution in [2.45, 2.75) is 19.8 Å². The summed E-state index contributed by atoms with van der Waals surface area (Å²) in [6.45, 7) is 2.83. The van der Waals surface area contributed by atoms with Crippen molar-refractivity contribution in [1.29, 1.82) is 0 Å². The van der Waals surface area contributed by atoms with Crippen molar-refractivity contribution in [3.63, 3.8) is 0 Å². The third-order valence-electron chi connectivity index (χ3n) is 3.37. The Balaban J connectivity index is 2.01. The van der Waals surface area contributed by atoms with E-state index in [9.17, 15) is 9.59 Å². The van der Waals surface area contributed by atoms with Crippen LogP contribution in [0.4, 0.5) is 0 Å². The lowest BCUT2D eigenvalue weighted by molar-refractivity contribution is -0.121. The third-order valence-corrected chi connectivity index (χ3v) is 3.37. The molecule has 0 aliphatic heterocycles. The maximum atomic E-state index is 11.6. The lowest BCUT2D eigenvalue weighted by Gasteiger charge is -2.06. The number of aromatic nitrogens is 1. The number of benzene rings is 1. The molecule has 0 unspecified atom stereocenters. The van der Waals surface area contributed by atoms with Gasteiger partial charge in [-0.25, -0.2) is 0 Å². The fraction of sp³-hybridized carbons (Fsp3) is 0.375. The predicted molar refractivity (Wildman–Crippen MR) is 82.5 cm³/mol. The van der Waals surface area contributed by atoms with Crippen LogP contribution in [-0.4, -0.2) is 31.2 Å². The van der Waals surface area contributed by atoms with Crippen molar-refractivity contribution in [2.24, 2.45) is 0 Å². The number of H-pyrrole nitrogens is 1. The van der Waals surface area contributed by atoms with Gasteiger partial charge in [0.2, 0.25) is 5.91 Å². The molecule has 2 rings (SSSR count). The van der Waals surface area contributed by atoms with Gasteiger partial charge >= 0.3 is 0 Å². The number of pyridine rings is 1. The van der Waals surface area contributed by atoms with Crippen LogP contribution in [0.5, 0.6) is 0 Å². The van der Waals surface area contributed by atoms with Crippen molar-refractivity contribution in [1.82, 2.24) is 10.3 Å². The highest BCUT2D eigenvalue weighted by atomic mass is 16.5. The summed E-state index contributed by atoms with van der Waals surface area (Å²) in [5, 5.41) is 3.79. The minimum atomic E-state index is -0.0723. The highest BCUT2D eigenvalue weighted by Gasteiger charge is 2.04. The number of hydrogen-bond donors (Lipinski definition) is 2. The number of methoxy groups -OCH3 is 1. The summed E-state index contributed by atoms with van der Waals surface area (Å²) in [7, 11) is 1.60. The van der Waals surface area contributed by atoms with Gasteiger partial charge in [-0.2, -0.15) is 0 Å². The van der Waals surface area contributed by atoms with Crippen LogP contribution in [0.25, 0.3) is 10.9 Å². The van der Waals surface area contributed by atoms with Crippen molar-refractivity contribution in [2.75, 3.05) is 20.3 Å². The van der Waals surface area contributed by atoms with E-state index in [1.54, 1.807) is 14.0 Å². The van der Waals surface area contributed by atoms with Gasteiger partial charge in [0.1, 0.15) is 0 Å². The Kier molecular flexibility index (Phi) is 5.11. The largest absolute Gasteiger partial charge is 0.383 e. The van der Waals surface area contributed by atoms with Crippen LogP contribution >= 0.6 is 0 Å². The lowest BCUT2D eigenvalue weighted by Crippen LogP contribution is -2.27. The van der Waals surface area contributed by atoms with Crippen molar-refractivity contribution in [3.05, 3.63) is 45.7 Å². The van der Waals surface area contributed by atoms with E-state index in [4.69, 9.17) is 4.74 Å². The second kappa shape index (κ2) is 7.04. The number of hydrogen-bond acceptors (Lipinski definition) is 3. The molecule has 5 nitrogen and oxygen atoms in total. The summed E-state index contributed by atoms with van der Waals surface area (Å²) < 4.78 is 4.88. The number of nitrogens with one attached hydrogen (secondary N) is 2. The molecule has 0 saturated heterocycles. The van der Waals surface area contributed by atoms with Gasteiger partial charge in [-0.05, 0) is 36.4 Å². The van der Waals surface area contributed by atoms with E-state index in [1.807, 2.05) is 24.3 Å². The Hall–Kier alpha value is -2.14. The molecule has 0 fully saturated rings. The Morgan fingerprint density at radius 2 is 2.14 bits per heavy atom. The maximum absolute atomic E-state index is 11.6. The molecule has 0 radical (unpaired) electrons. The average Bonchev–Trinajstić information content (AvgIpc) is 2.46. The molecule has 0 aliphatic carbocycles. The minimum Gasteiger partial charge on any atom is -0.383 e. The molecule has 0 atom stereocenters. The van der Waals surface area contributed by atoms with Crippen molar-refractivity contribution < 1.29 is 9.53 Å². The summed E-state index contributed by atoms with van der Waals surface area (Å²) in [6.07, 6.45) is 1.07. The van der Waals surface area contributed by atoms with E-state index < -0.39 is 0 Å². The number of ether oxygens (including phenoxy) is 1. The molecule has 0 bridgehead atoms.